The molecule has 0 aliphatic heterocycles. The highest BCUT2D eigenvalue weighted by Gasteiger charge is 2.35. The molecule has 0 amide bonds. The summed E-state index contributed by atoms with van der Waals surface area (Å²) in [6.07, 6.45) is -1.70. The van der Waals surface area contributed by atoms with Gasteiger partial charge in [-0.3, -0.25) is 4.79 Å². The van der Waals surface area contributed by atoms with E-state index in [1.54, 1.807) is 13.8 Å². The second-order valence-corrected chi connectivity index (χ2v) is 3.08. The summed E-state index contributed by atoms with van der Waals surface area (Å²) in [5.41, 5.74) is 0. The van der Waals surface area contributed by atoms with Gasteiger partial charge in [0.2, 0.25) is 0 Å². The number of carbonyl (C=O) groups is 2. The minimum Gasteiger partial charge on any atom is -0.479 e. The number of methoxy groups -OCH3 is 1. The second kappa shape index (κ2) is 4.81. The van der Waals surface area contributed by atoms with Gasteiger partial charge in [0.05, 0.1) is 13.0 Å². The van der Waals surface area contributed by atoms with Crippen LogP contribution in [0.2, 0.25) is 0 Å². The number of hydrogen-bond donors (Lipinski definition) is 2. The Labute approximate surface area is 76.3 Å². The van der Waals surface area contributed by atoms with Crippen LogP contribution in [0.15, 0.2) is 0 Å². The molecule has 2 N–H and O–H groups in total. The summed E-state index contributed by atoms with van der Waals surface area (Å²) >= 11 is 0. The number of carboxylic acids is 1. The Morgan fingerprint density at radius 3 is 2.00 bits per heavy atom. The number of aliphatic hydroxyl groups is 1. The predicted molar refractivity (Wildman–Crippen MR) is 44.0 cm³/mol. The third kappa shape index (κ3) is 3.02. The summed E-state index contributed by atoms with van der Waals surface area (Å²) in [6.45, 7) is 3.29. The van der Waals surface area contributed by atoms with Crippen LogP contribution in [-0.2, 0) is 14.3 Å². The predicted octanol–water partition coefficient (Wildman–Crippen LogP) is -0.123. The molecule has 0 heterocycles. The fraction of sp³-hybridized carbons (Fsp3) is 0.750. The van der Waals surface area contributed by atoms with Crippen LogP contribution in [-0.4, -0.2) is 35.4 Å². The molecule has 5 heteroatoms. The molecule has 0 unspecified atom stereocenters. The molecule has 0 saturated heterocycles. The molecule has 0 aromatic rings. The number of rotatable bonds is 4. The normalized spacial score (nSPS) is 15.2. The van der Waals surface area contributed by atoms with E-state index in [-0.39, 0.29) is 5.92 Å². The van der Waals surface area contributed by atoms with Crippen LogP contribution in [0.4, 0.5) is 0 Å². The summed E-state index contributed by atoms with van der Waals surface area (Å²) in [5.74, 6) is -3.41. The maximum absolute atomic E-state index is 11.1. The van der Waals surface area contributed by atoms with Crippen molar-refractivity contribution >= 4 is 11.9 Å². The van der Waals surface area contributed by atoms with Crippen LogP contribution in [0.3, 0.4) is 0 Å². The average molecular weight is 190 g/mol. The Morgan fingerprint density at radius 1 is 1.31 bits per heavy atom. The molecule has 2 atom stereocenters. The SMILES string of the molecule is COC(=O)[C@@H](C(C)C)[C@@H](O)C(=O)O. The van der Waals surface area contributed by atoms with Crippen molar-refractivity contribution in [3.63, 3.8) is 0 Å². The molecular formula is C8H14O5. The minimum atomic E-state index is -1.70. The molecular weight excluding hydrogens is 176 g/mol. The van der Waals surface area contributed by atoms with E-state index in [4.69, 9.17) is 10.2 Å². The van der Waals surface area contributed by atoms with Gasteiger partial charge in [-0.25, -0.2) is 4.79 Å². The van der Waals surface area contributed by atoms with Gasteiger partial charge in [0.15, 0.2) is 6.10 Å². The monoisotopic (exact) mass is 190 g/mol. The lowest BCUT2D eigenvalue weighted by molar-refractivity contribution is -0.163. The first kappa shape index (κ1) is 11.9. The third-order valence-electron chi connectivity index (χ3n) is 1.78. The van der Waals surface area contributed by atoms with E-state index < -0.39 is 24.0 Å². The third-order valence-corrected chi connectivity index (χ3v) is 1.78. The fourth-order valence-electron chi connectivity index (χ4n) is 1.06. The van der Waals surface area contributed by atoms with Gasteiger partial charge in [0.25, 0.3) is 0 Å². The second-order valence-electron chi connectivity index (χ2n) is 3.08. The topological polar surface area (TPSA) is 83.8 Å². The molecule has 0 radical (unpaired) electrons. The number of carboxylic acid groups (broad SMARTS) is 1. The lowest BCUT2D eigenvalue weighted by atomic mass is 9.90. The maximum Gasteiger partial charge on any atom is 0.333 e. The number of esters is 1. The number of aliphatic carboxylic acids is 1. The van der Waals surface area contributed by atoms with E-state index in [0.717, 1.165) is 7.11 Å². The van der Waals surface area contributed by atoms with E-state index in [1.807, 2.05) is 0 Å². The molecule has 0 bridgehead atoms. The molecule has 76 valence electrons. The molecule has 13 heavy (non-hydrogen) atoms. The molecule has 0 aliphatic rings. The van der Waals surface area contributed by atoms with Crippen LogP contribution in [0.5, 0.6) is 0 Å². The van der Waals surface area contributed by atoms with E-state index >= 15 is 0 Å². The zero-order chi connectivity index (χ0) is 10.6. The Kier molecular flexibility index (Phi) is 4.40. The molecule has 0 spiro atoms. The molecule has 5 nitrogen and oxygen atoms in total. The largest absolute Gasteiger partial charge is 0.479 e. The van der Waals surface area contributed by atoms with Gasteiger partial charge < -0.3 is 14.9 Å². The zero-order valence-electron chi connectivity index (χ0n) is 7.85. The lowest BCUT2D eigenvalue weighted by Crippen LogP contribution is -2.38. The first-order valence-corrected chi connectivity index (χ1v) is 3.90. The minimum absolute atomic E-state index is 0.279. The lowest BCUT2D eigenvalue weighted by Gasteiger charge is -2.20. The van der Waals surface area contributed by atoms with E-state index in [2.05, 4.69) is 4.74 Å². The Morgan fingerprint density at radius 2 is 1.77 bits per heavy atom. The summed E-state index contributed by atoms with van der Waals surface area (Å²) < 4.78 is 4.38. The molecule has 0 fully saturated rings. The van der Waals surface area contributed by atoms with Crippen molar-refractivity contribution in [1.29, 1.82) is 0 Å². The van der Waals surface area contributed by atoms with Crippen LogP contribution in [0.25, 0.3) is 0 Å². The number of aliphatic hydroxyl groups excluding tert-OH is 1. The van der Waals surface area contributed by atoms with Crippen molar-refractivity contribution in [1.82, 2.24) is 0 Å². The Bertz CT molecular complexity index is 199. The van der Waals surface area contributed by atoms with Crippen molar-refractivity contribution in [2.24, 2.45) is 11.8 Å². The summed E-state index contributed by atoms with van der Waals surface area (Å²) in [5, 5.41) is 17.6. The van der Waals surface area contributed by atoms with Gasteiger partial charge in [-0.05, 0) is 5.92 Å². The van der Waals surface area contributed by atoms with Crippen molar-refractivity contribution in [3.8, 4) is 0 Å². The fourth-order valence-corrected chi connectivity index (χ4v) is 1.06. The summed E-state index contributed by atoms with van der Waals surface area (Å²) in [4.78, 5) is 21.5. The highest BCUT2D eigenvalue weighted by Crippen LogP contribution is 2.17. The maximum atomic E-state index is 11.1. The van der Waals surface area contributed by atoms with E-state index in [1.165, 1.54) is 0 Å². The summed E-state index contributed by atoms with van der Waals surface area (Å²) in [6, 6.07) is 0. The van der Waals surface area contributed by atoms with Crippen LogP contribution < -0.4 is 0 Å². The van der Waals surface area contributed by atoms with E-state index in [9.17, 15) is 9.59 Å². The first-order chi connectivity index (χ1) is 5.91. The molecule has 0 rings (SSSR count). The molecule has 0 aliphatic carbocycles. The average Bonchev–Trinajstić information content (AvgIpc) is 2.03. The number of carbonyl (C=O) groups excluding carboxylic acids is 1. The van der Waals surface area contributed by atoms with Gasteiger partial charge in [-0.1, -0.05) is 13.8 Å². The van der Waals surface area contributed by atoms with Crippen LogP contribution in [0.1, 0.15) is 13.8 Å². The Hall–Kier alpha value is -1.10. The van der Waals surface area contributed by atoms with Gasteiger partial charge in [0.1, 0.15) is 0 Å². The molecule has 0 saturated carbocycles. The summed E-state index contributed by atoms with van der Waals surface area (Å²) in [7, 11) is 1.16. The highest BCUT2D eigenvalue weighted by atomic mass is 16.5. The van der Waals surface area contributed by atoms with Crippen molar-refractivity contribution in [3.05, 3.63) is 0 Å². The van der Waals surface area contributed by atoms with Gasteiger partial charge in [-0.15, -0.1) is 0 Å². The number of ether oxygens (including phenoxy) is 1. The highest BCUT2D eigenvalue weighted by molar-refractivity contribution is 5.82. The quantitative estimate of drug-likeness (QED) is 0.603. The van der Waals surface area contributed by atoms with Crippen LogP contribution >= 0.6 is 0 Å². The zero-order valence-corrected chi connectivity index (χ0v) is 7.85. The standard InChI is InChI=1S/C8H14O5/c1-4(2)5(8(12)13-3)6(9)7(10)11/h4-6,9H,1-3H3,(H,10,11)/t5-,6+/m0/s1. The number of hydrogen-bond acceptors (Lipinski definition) is 4. The first-order valence-electron chi connectivity index (χ1n) is 3.90. The van der Waals surface area contributed by atoms with Gasteiger partial charge in [-0.2, -0.15) is 0 Å². The van der Waals surface area contributed by atoms with Crippen LogP contribution in [0, 0.1) is 11.8 Å². The van der Waals surface area contributed by atoms with E-state index in [0.29, 0.717) is 0 Å². The molecule has 0 aromatic heterocycles. The van der Waals surface area contributed by atoms with Gasteiger partial charge in [0, 0.05) is 0 Å². The van der Waals surface area contributed by atoms with Crippen molar-refractivity contribution < 1.29 is 24.5 Å². The Balaban J connectivity index is 4.60. The van der Waals surface area contributed by atoms with Gasteiger partial charge >= 0.3 is 11.9 Å². The smallest absolute Gasteiger partial charge is 0.333 e. The van der Waals surface area contributed by atoms with Crippen molar-refractivity contribution in [2.45, 2.75) is 20.0 Å². The van der Waals surface area contributed by atoms with Crippen molar-refractivity contribution in [2.75, 3.05) is 7.11 Å². The molecule has 0 aromatic carbocycles.